The number of nitrogens with one attached hydrogen (secondary N) is 1. The fraction of sp³-hybridized carbons (Fsp3) is 0.417. The molecule has 1 amide bonds. The summed E-state index contributed by atoms with van der Waals surface area (Å²) in [6.07, 6.45) is -3.93. The number of anilines is 1. The van der Waals surface area contributed by atoms with Crippen molar-refractivity contribution in [1.29, 1.82) is 0 Å². The largest absolute Gasteiger partial charge is 0.418 e. The van der Waals surface area contributed by atoms with Gasteiger partial charge in [-0.15, -0.1) is 0 Å². The van der Waals surface area contributed by atoms with Crippen LogP contribution in [0.25, 0.3) is 0 Å². The third-order valence-corrected chi connectivity index (χ3v) is 2.92. The van der Waals surface area contributed by atoms with E-state index in [0.717, 1.165) is 6.07 Å². The molecular weight excluding hydrogens is 261 g/mol. The summed E-state index contributed by atoms with van der Waals surface area (Å²) < 4.78 is 43.1. The van der Waals surface area contributed by atoms with E-state index < -0.39 is 23.3 Å². The van der Waals surface area contributed by atoms with Gasteiger partial charge < -0.3 is 15.8 Å². The van der Waals surface area contributed by atoms with Crippen molar-refractivity contribution in [2.75, 3.05) is 18.9 Å². The third-order valence-electron chi connectivity index (χ3n) is 2.92. The van der Waals surface area contributed by atoms with Gasteiger partial charge in [-0.05, 0) is 18.6 Å². The van der Waals surface area contributed by atoms with E-state index in [1.54, 1.807) is 0 Å². The zero-order valence-corrected chi connectivity index (χ0v) is 9.96. The van der Waals surface area contributed by atoms with E-state index in [-0.39, 0.29) is 11.6 Å². The second-order valence-electron chi connectivity index (χ2n) is 4.30. The number of benzene rings is 1. The highest BCUT2D eigenvalue weighted by molar-refractivity contribution is 6.00. The van der Waals surface area contributed by atoms with Crippen LogP contribution in [0.2, 0.25) is 0 Å². The van der Waals surface area contributed by atoms with Crippen molar-refractivity contribution >= 4 is 11.6 Å². The fourth-order valence-corrected chi connectivity index (χ4v) is 1.92. The van der Waals surface area contributed by atoms with Crippen molar-refractivity contribution in [3.63, 3.8) is 0 Å². The van der Waals surface area contributed by atoms with E-state index in [4.69, 9.17) is 10.5 Å². The van der Waals surface area contributed by atoms with Crippen LogP contribution in [0.3, 0.4) is 0 Å². The van der Waals surface area contributed by atoms with Crippen LogP contribution in [0.15, 0.2) is 18.2 Å². The van der Waals surface area contributed by atoms with E-state index in [2.05, 4.69) is 5.32 Å². The van der Waals surface area contributed by atoms with Gasteiger partial charge >= 0.3 is 6.18 Å². The molecule has 1 heterocycles. The minimum atomic E-state index is -4.57. The molecule has 0 radical (unpaired) electrons. The van der Waals surface area contributed by atoms with E-state index in [9.17, 15) is 18.0 Å². The molecule has 0 aliphatic carbocycles. The summed E-state index contributed by atoms with van der Waals surface area (Å²) in [6, 6.07) is 3.11. The highest BCUT2D eigenvalue weighted by Gasteiger charge is 2.34. The Morgan fingerprint density at radius 3 is 2.74 bits per heavy atom. The Hall–Kier alpha value is -1.76. The summed E-state index contributed by atoms with van der Waals surface area (Å²) in [4.78, 5) is 11.9. The average molecular weight is 274 g/mol. The van der Waals surface area contributed by atoms with Gasteiger partial charge in [-0.1, -0.05) is 6.07 Å². The van der Waals surface area contributed by atoms with E-state index in [1.807, 2.05) is 0 Å². The number of para-hydroxylation sites is 1. The summed E-state index contributed by atoms with van der Waals surface area (Å²) in [6.45, 7) is 0.896. The third kappa shape index (κ3) is 2.98. The number of carbonyl (C=O) groups is 1. The Bertz CT molecular complexity index is 482. The minimum Gasteiger partial charge on any atom is -0.398 e. The molecule has 1 unspecified atom stereocenters. The SMILES string of the molecule is Nc1c(C(=O)NC2CCOC2)cccc1C(F)(F)F. The number of nitrogen functional groups attached to an aromatic ring is 1. The molecule has 0 aromatic heterocycles. The first-order valence-electron chi connectivity index (χ1n) is 5.74. The predicted molar refractivity (Wildman–Crippen MR) is 62.5 cm³/mol. The van der Waals surface area contributed by atoms with Crippen LogP contribution in [0.5, 0.6) is 0 Å². The van der Waals surface area contributed by atoms with Crippen LogP contribution in [-0.2, 0) is 10.9 Å². The quantitative estimate of drug-likeness (QED) is 0.808. The van der Waals surface area contributed by atoms with E-state index >= 15 is 0 Å². The zero-order valence-electron chi connectivity index (χ0n) is 9.96. The Balaban J connectivity index is 2.22. The fourth-order valence-electron chi connectivity index (χ4n) is 1.92. The Morgan fingerprint density at radius 2 is 2.16 bits per heavy atom. The van der Waals surface area contributed by atoms with Crippen molar-refractivity contribution in [3.8, 4) is 0 Å². The van der Waals surface area contributed by atoms with Crippen molar-refractivity contribution in [3.05, 3.63) is 29.3 Å². The summed E-state index contributed by atoms with van der Waals surface area (Å²) in [7, 11) is 0. The molecule has 104 valence electrons. The standard InChI is InChI=1S/C12H13F3N2O2/c13-12(14,15)9-3-1-2-8(10(9)16)11(18)17-7-4-5-19-6-7/h1-3,7H,4-6,16H2,(H,17,18). The first-order chi connectivity index (χ1) is 8.89. The number of alkyl halides is 3. The first kappa shape index (κ1) is 13.7. The van der Waals surface area contributed by atoms with Crippen LogP contribution in [0.1, 0.15) is 22.3 Å². The molecule has 1 aliphatic heterocycles. The molecule has 1 aromatic carbocycles. The second-order valence-corrected chi connectivity index (χ2v) is 4.30. The van der Waals surface area contributed by atoms with Gasteiger partial charge in [-0.2, -0.15) is 13.2 Å². The molecule has 0 spiro atoms. The zero-order chi connectivity index (χ0) is 14.0. The van der Waals surface area contributed by atoms with Crippen LogP contribution in [0, 0.1) is 0 Å². The molecule has 1 aliphatic rings. The maximum absolute atomic E-state index is 12.7. The van der Waals surface area contributed by atoms with Gasteiger partial charge in [0.15, 0.2) is 0 Å². The molecule has 2 rings (SSSR count). The number of carbonyl (C=O) groups excluding carboxylic acids is 1. The van der Waals surface area contributed by atoms with Gasteiger partial charge in [0.25, 0.3) is 5.91 Å². The summed E-state index contributed by atoms with van der Waals surface area (Å²) >= 11 is 0. The Morgan fingerprint density at radius 1 is 1.42 bits per heavy atom. The first-order valence-corrected chi connectivity index (χ1v) is 5.74. The molecule has 1 aromatic rings. The van der Waals surface area contributed by atoms with Crippen molar-refractivity contribution in [1.82, 2.24) is 5.32 Å². The Labute approximate surface area is 107 Å². The van der Waals surface area contributed by atoms with Crippen molar-refractivity contribution < 1.29 is 22.7 Å². The number of ether oxygens (including phenoxy) is 1. The molecule has 3 N–H and O–H groups in total. The lowest BCUT2D eigenvalue weighted by molar-refractivity contribution is -0.136. The van der Waals surface area contributed by atoms with Gasteiger partial charge in [0.1, 0.15) is 0 Å². The Kier molecular flexibility index (Phi) is 3.66. The van der Waals surface area contributed by atoms with Crippen LogP contribution < -0.4 is 11.1 Å². The molecule has 1 fully saturated rings. The summed E-state index contributed by atoms with van der Waals surface area (Å²) in [5.74, 6) is -0.612. The predicted octanol–water partition coefficient (Wildman–Crippen LogP) is 1.81. The van der Waals surface area contributed by atoms with Crippen molar-refractivity contribution in [2.45, 2.75) is 18.6 Å². The van der Waals surface area contributed by atoms with Gasteiger partial charge in [-0.3, -0.25) is 4.79 Å². The lowest BCUT2D eigenvalue weighted by Crippen LogP contribution is -2.35. The van der Waals surface area contributed by atoms with Crippen molar-refractivity contribution in [2.24, 2.45) is 0 Å². The monoisotopic (exact) mass is 274 g/mol. The lowest BCUT2D eigenvalue weighted by Gasteiger charge is -2.15. The smallest absolute Gasteiger partial charge is 0.398 e. The summed E-state index contributed by atoms with van der Waals surface area (Å²) in [5.41, 5.74) is 3.72. The maximum Gasteiger partial charge on any atom is 0.418 e. The van der Waals surface area contributed by atoms with Gasteiger partial charge in [0, 0.05) is 6.61 Å². The minimum absolute atomic E-state index is 0.165. The molecule has 0 bridgehead atoms. The highest BCUT2D eigenvalue weighted by atomic mass is 19.4. The molecular formula is C12H13F3N2O2. The van der Waals surface area contributed by atoms with Gasteiger partial charge in [0.05, 0.1) is 29.5 Å². The van der Waals surface area contributed by atoms with E-state index in [1.165, 1.54) is 12.1 Å². The number of amides is 1. The number of nitrogens with two attached hydrogens (primary N) is 1. The van der Waals surface area contributed by atoms with Crippen LogP contribution in [-0.4, -0.2) is 25.2 Å². The average Bonchev–Trinajstić information content (AvgIpc) is 2.80. The molecule has 1 saturated heterocycles. The molecule has 4 nitrogen and oxygen atoms in total. The van der Waals surface area contributed by atoms with Gasteiger partial charge in [-0.25, -0.2) is 0 Å². The highest BCUT2D eigenvalue weighted by Crippen LogP contribution is 2.34. The van der Waals surface area contributed by atoms with E-state index in [0.29, 0.717) is 19.6 Å². The number of hydrogen-bond acceptors (Lipinski definition) is 3. The number of hydrogen-bond donors (Lipinski definition) is 2. The van der Waals surface area contributed by atoms with Crippen LogP contribution >= 0.6 is 0 Å². The topological polar surface area (TPSA) is 64.4 Å². The second kappa shape index (κ2) is 5.08. The number of halogens is 3. The molecule has 19 heavy (non-hydrogen) atoms. The normalized spacial score (nSPS) is 19.4. The van der Waals surface area contributed by atoms with Gasteiger partial charge in [0.2, 0.25) is 0 Å². The van der Waals surface area contributed by atoms with Crippen LogP contribution in [0.4, 0.5) is 18.9 Å². The molecule has 1 atom stereocenters. The number of rotatable bonds is 2. The lowest BCUT2D eigenvalue weighted by atomic mass is 10.1. The maximum atomic E-state index is 12.7. The molecule has 7 heteroatoms. The summed E-state index contributed by atoms with van der Waals surface area (Å²) in [5, 5.41) is 2.60. The molecule has 0 saturated carbocycles.